The summed E-state index contributed by atoms with van der Waals surface area (Å²) in [5.74, 6) is 0.980. The van der Waals surface area contributed by atoms with Gasteiger partial charge in [0.2, 0.25) is 10.0 Å². The molecule has 8 nitrogen and oxygen atoms in total. The maximum atomic E-state index is 12.4. The Hall–Kier alpha value is -4.00. The van der Waals surface area contributed by atoms with E-state index in [1.807, 2.05) is 19.1 Å². The SMILES string of the molecule is Cc1ccc2nc(C(C#N)=Cc3ccc(-c4ccc(S(N)(=O)=O)cc4)o3)[nH]c(=O)c2c1. The quantitative estimate of drug-likeness (QED) is 0.474. The smallest absolute Gasteiger partial charge is 0.259 e. The van der Waals surface area contributed by atoms with Crippen LogP contribution in [0.1, 0.15) is 17.1 Å². The standard InChI is InChI=1S/C22H16N4O4S/c1-13-2-8-19-18(10-13)22(27)26-21(25-19)15(12-23)11-16-5-9-20(30-16)14-3-6-17(7-4-14)31(24,28)29/h2-11H,1H3,(H2,24,28,29)(H,25,26,27). The fourth-order valence-corrected chi connectivity index (χ4v) is 3.59. The van der Waals surface area contributed by atoms with Crippen molar-refractivity contribution in [2.75, 3.05) is 0 Å². The highest BCUT2D eigenvalue weighted by Crippen LogP contribution is 2.25. The maximum absolute atomic E-state index is 12.4. The molecule has 3 N–H and O–H groups in total. The monoisotopic (exact) mass is 432 g/mol. The van der Waals surface area contributed by atoms with Crippen molar-refractivity contribution in [1.29, 1.82) is 5.26 Å². The summed E-state index contributed by atoms with van der Waals surface area (Å²) in [6.07, 6.45) is 1.47. The molecule has 0 amide bonds. The van der Waals surface area contributed by atoms with Crippen LogP contribution in [0.25, 0.3) is 33.9 Å². The van der Waals surface area contributed by atoms with Crippen molar-refractivity contribution in [2.45, 2.75) is 11.8 Å². The Morgan fingerprint density at radius 3 is 2.58 bits per heavy atom. The van der Waals surface area contributed by atoms with E-state index >= 15 is 0 Å². The fourth-order valence-electron chi connectivity index (χ4n) is 3.07. The number of hydrogen-bond donors (Lipinski definition) is 2. The first-order valence-electron chi connectivity index (χ1n) is 9.10. The highest BCUT2D eigenvalue weighted by Gasteiger charge is 2.12. The van der Waals surface area contributed by atoms with Crippen LogP contribution in [-0.4, -0.2) is 18.4 Å². The Balaban J connectivity index is 1.69. The van der Waals surface area contributed by atoms with E-state index in [1.54, 1.807) is 36.4 Å². The predicted octanol–water partition coefficient (Wildman–Crippen LogP) is 3.20. The van der Waals surface area contributed by atoms with Gasteiger partial charge >= 0.3 is 0 Å². The summed E-state index contributed by atoms with van der Waals surface area (Å²) in [6.45, 7) is 1.88. The first-order valence-corrected chi connectivity index (χ1v) is 10.7. The van der Waals surface area contributed by atoms with E-state index in [0.717, 1.165) is 5.56 Å². The van der Waals surface area contributed by atoms with Gasteiger partial charge in [-0.15, -0.1) is 0 Å². The van der Waals surface area contributed by atoms with Crippen LogP contribution in [0.5, 0.6) is 0 Å². The van der Waals surface area contributed by atoms with Crippen LogP contribution < -0.4 is 10.7 Å². The molecular weight excluding hydrogens is 416 g/mol. The number of aryl methyl sites for hydroxylation is 1. The van der Waals surface area contributed by atoms with E-state index in [4.69, 9.17) is 9.56 Å². The molecular formula is C22H16N4O4S. The molecule has 0 aliphatic rings. The Labute approximate surface area is 177 Å². The molecule has 0 aliphatic heterocycles. The van der Waals surface area contributed by atoms with Crippen LogP contribution in [-0.2, 0) is 10.0 Å². The third-order valence-corrected chi connectivity index (χ3v) is 5.55. The Bertz CT molecular complexity index is 1540. The molecule has 31 heavy (non-hydrogen) atoms. The summed E-state index contributed by atoms with van der Waals surface area (Å²) in [7, 11) is -3.78. The summed E-state index contributed by atoms with van der Waals surface area (Å²) in [5.41, 5.74) is 1.85. The average molecular weight is 432 g/mol. The third kappa shape index (κ3) is 4.16. The van der Waals surface area contributed by atoms with Gasteiger partial charge in [-0.3, -0.25) is 4.79 Å². The lowest BCUT2D eigenvalue weighted by Crippen LogP contribution is -2.11. The van der Waals surface area contributed by atoms with Crippen molar-refractivity contribution in [3.63, 3.8) is 0 Å². The minimum atomic E-state index is -3.78. The summed E-state index contributed by atoms with van der Waals surface area (Å²) in [5, 5.41) is 15.1. The summed E-state index contributed by atoms with van der Waals surface area (Å²) in [4.78, 5) is 19.4. The molecule has 0 radical (unpaired) electrons. The molecule has 4 rings (SSSR count). The van der Waals surface area contributed by atoms with Crippen LogP contribution >= 0.6 is 0 Å². The number of rotatable bonds is 4. The lowest BCUT2D eigenvalue weighted by molar-refractivity contribution is 0.571. The topological polar surface area (TPSA) is 143 Å². The largest absolute Gasteiger partial charge is 0.457 e. The normalized spacial score (nSPS) is 12.1. The fraction of sp³-hybridized carbons (Fsp3) is 0.0455. The number of nitrogens with two attached hydrogens (primary N) is 1. The van der Waals surface area contributed by atoms with E-state index in [2.05, 4.69) is 9.97 Å². The molecule has 0 unspecified atom stereocenters. The van der Waals surface area contributed by atoms with Gasteiger partial charge in [-0.05, 0) is 55.5 Å². The van der Waals surface area contributed by atoms with Crippen LogP contribution in [0.2, 0.25) is 0 Å². The number of benzene rings is 2. The van der Waals surface area contributed by atoms with Crippen molar-refractivity contribution >= 4 is 32.6 Å². The molecule has 0 spiro atoms. The van der Waals surface area contributed by atoms with Crippen LogP contribution in [0.4, 0.5) is 0 Å². The van der Waals surface area contributed by atoms with Crippen molar-refractivity contribution in [1.82, 2.24) is 9.97 Å². The molecule has 2 heterocycles. The second-order valence-electron chi connectivity index (χ2n) is 6.88. The number of aromatic nitrogens is 2. The van der Waals surface area contributed by atoms with Crippen LogP contribution in [0.15, 0.2) is 68.7 Å². The van der Waals surface area contributed by atoms with Crippen LogP contribution in [0, 0.1) is 18.3 Å². The van der Waals surface area contributed by atoms with E-state index in [9.17, 15) is 18.5 Å². The average Bonchev–Trinajstić information content (AvgIpc) is 3.20. The molecule has 2 aromatic heterocycles. The van der Waals surface area contributed by atoms with Gasteiger partial charge in [0.25, 0.3) is 5.56 Å². The third-order valence-electron chi connectivity index (χ3n) is 4.62. The van der Waals surface area contributed by atoms with Crippen molar-refractivity contribution in [2.24, 2.45) is 5.14 Å². The van der Waals surface area contributed by atoms with Gasteiger partial charge in [0.1, 0.15) is 17.6 Å². The number of nitrogens with zero attached hydrogens (tertiary/aromatic N) is 2. The number of allylic oxidation sites excluding steroid dienone is 1. The number of H-pyrrole nitrogens is 1. The van der Waals surface area contributed by atoms with Gasteiger partial charge in [0.15, 0.2) is 5.82 Å². The molecule has 0 bridgehead atoms. The van der Waals surface area contributed by atoms with Gasteiger partial charge in [0, 0.05) is 11.6 Å². The van der Waals surface area contributed by atoms with Crippen molar-refractivity contribution in [3.05, 3.63) is 82.1 Å². The van der Waals surface area contributed by atoms with Gasteiger partial charge in [-0.1, -0.05) is 11.6 Å². The number of fused-ring (bicyclic) bond motifs is 1. The van der Waals surface area contributed by atoms with Crippen molar-refractivity contribution < 1.29 is 12.8 Å². The van der Waals surface area contributed by atoms with Gasteiger partial charge < -0.3 is 9.40 Å². The summed E-state index contributed by atoms with van der Waals surface area (Å²) in [6, 6.07) is 16.6. The molecule has 0 aliphatic carbocycles. The minimum Gasteiger partial charge on any atom is -0.457 e. The highest BCUT2D eigenvalue weighted by atomic mass is 32.2. The van der Waals surface area contributed by atoms with E-state index < -0.39 is 10.0 Å². The molecule has 0 atom stereocenters. The molecule has 0 fully saturated rings. The maximum Gasteiger partial charge on any atom is 0.259 e. The van der Waals surface area contributed by atoms with Gasteiger partial charge in [-0.25, -0.2) is 18.5 Å². The second-order valence-corrected chi connectivity index (χ2v) is 8.44. The van der Waals surface area contributed by atoms with E-state index in [0.29, 0.717) is 28.0 Å². The predicted molar refractivity (Wildman–Crippen MR) is 116 cm³/mol. The lowest BCUT2D eigenvalue weighted by Gasteiger charge is -2.02. The highest BCUT2D eigenvalue weighted by molar-refractivity contribution is 7.89. The molecule has 9 heteroatoms. The number of primary sulfonamides is 1. The molecule has 0 saturated carbocycles. The van der Waals surface area contributed by atoms with Gasteiger partial charge in [0.05, 0.1) is 21.4 Å². The number of nitrogens with one attached hydrogen (secondary N) is 1. The van der Waals surface area contributed by atoms with Gasteiger partial charge in [-0.2, -0.15) is 5.26 Å². The number of sulfonamides is 1. The first kappa shape index (κ1) is 20.3. The zero-order valence-electron chi connectivity index (χ0n) is 16.3. The Kier molecular flexibility index (Phi) is 5.02. The number of nitriles is 1. The summed E-state index contributed by atoms with van der Waals surface area (Å²) < 4.78 is 28.5. The number of hydrogen-bond acceptors (Lipinski definition) is 6. The zero-order chi connectivity index (χ0) is 22.2. The molecule has 0 saturated heterocycles. The molecule has 2 aromatic carbocycles. The number of aromatic amines is 1. The number of furan rings is 1. The van der Waals surface area contributed by atoms with Crippen LogP contribution in [0.3, 0.4) is 0 Å². The first-order chi connectivity index (χ1) is 14.7. The second kappa shape index (κ2) is 7.68. The lowest BCUT2D eigenvalue weighted by atomic mass is 10.1. The minimum absolute atomic E-state index is 0.00350. The van der Waals surface area contributed by atoms with E-state index in [-0.39, 0.29) is 21.9 Å². The zero-order valence-corrected chi connectivity index (χ0v) is 17.1. The Morgan fingerprint density at radius 2 is 1.90 bits per heavy atom. The molecule has 154 valence electrons. The van der Waals surface area contributed by atoms with E-state index in [1.165, 1.54) is 18.2 Å². The molecule has 4 aromatic rings. The Morgan fingerprint density at radius 1 is 1.16 bits per heavy atom. The van der Waals surface area contributed by atoms with Crippen molar-refractivity contribution in [3.8, 4) is 17.4 Å². The summed E-state index contributed by atoms with van der Waals surface area (Å²) >= 11 is 0.